The minimum atomic E-state index is -2.92. The summed E-state index contributed by atoms with van der Waals surface area (Å²) >= 11 is 8.14. The summed E-state index contributed by atoms with van der Waals surface area (Å²) in [6.07, 6.45) is 0.921. The van der Waals surface area contributed by atoms with Crippen molar-refractivity contribution in [2.75, 3.05) is 0 Å². The van der Waals surface area contributed by atoms with Crippen LogP contribution in [0.15, 0.2) is 115 Å². The van der Waals surface area contributed by atoms with E-state index >= 15 is 0 Å². The van der Waals surface area contributed by atoms with Gasteiger partial charge in [0, 0.05) is 0 Å². The van der Waals surface area contributed by atoms with E-state index in [0.717, 1.165) is 11.5 Å². The van der Waals surface area contributed by atoms with Gasteiger partial charge in [-0.15, -0.1) is 0 Å². The average Bonchev–Trinajstić information content (AvgIpc) is 2.81. The molecule has 3 heteroatoms. The molecule has 0 nitrogen and oxygen atoms in total. The van der Waals surface area contributed by atoms with Gasteiger partial charge >= 0.3 is 191 Å². The van der Waals surface area contributed by atoms with Gasteiger partial charge in [-0.2, -0.15) is 0 Å². The van der Waals surface area contributed by atoms with Gasteiger partial charge in [-0.1, -0.05) is 0 Å². The molecule has 0 bridgehead atoms. The molecule has 0 aliphatic rings. The molecular weight excluding hydrogens is 503 g/mol. The van der Waals surface area contributed by atoms with Crippen molar-refractivity contribution in [3.8, 4) is 0 Å². The molecule has 4 rings (SSSR count). The second-order valence-electron chi connectivity index (χ2n) is 7.30. The summed E-state index contributed by atoms with van der Waals surface area (Å²) < 4.78 is 0. The fourth-order valence-electron chi connectivity index (χ4n) is 4.09. The van der Waals surface area contributed by atoms with Crippen LogP contribution in [0.3, 0.4) is 0 Å². The first-order valence-corrected chi connectivity index (χ1v) is 15.2. The summed E-state index contributed by atoms with van der Waals surface area (Å²) in [4.78, 5) is 0. The Labute approximate surface area is 189 Å². The standard InChI is InChI=1S/C26H23Br2P/c27-20-22-11-10-12-23(19-22)21-29(28,24-13-4-1-5-14-24,25-15-6-2-7-16-25)26-17-8-3-9-18-26/h1-19H,20-21H2. The van der Waals surface area contributed by atoms with E-state index in [2.05, 4.69) is 147 Å². The average molecular weight is 526 g/mol. The maximum atomic E-state index is 4.52. The molecule has 0 aromatic heterocycles. The van der Waals surface area contributed by atoms with Crippen LogP contribution in [-0.4, -0.2) is 0 Å². The maximum absolute atomic E-state index is 4.52. The molecule has 146 valence electrons. The molecule has 0 heterocycles. The zero-order chi connectivity index (χ0) is 20.2. The molecule has 0 fully saturated rings. The summed E-state index contributed by atoms with van der Waals surface area (Å²) in [7, 11) is 0. The fraction of sp³-hybridized carbons (Fsp3) is 0.0769. The van der Waals surface area contributed by atoms with Gasteiger partial charge in [0.1, 0.15) is 0 Å². The third-order valence-corrected chi connectivity index (χ3v) is 15.7. The zero-order valence-electron chi connectivity index (χ0n) is 16.1. The van der Waals surface area contributed by atoms with E-state index in [1.165, 1.54) is 27.0 Å². The van der Waals surface area contributed by atoms with E-state index < -0.39 is 5.31 Å². The normalized spacial score (nSPS) is 12.8. The molecule has 0 unspecified atom stereocenters. The number of hydrogen-bond acceptors (Lipinski definition) is 0. The van der Waals surface area contributed by atoms with Crippen LogP contribution in [0.2, 0.25) is 0 Å². The van der Waals surface area contributed by atoms with E-state index in [1.54, 1.807) is 0 Å². The van der Waals surface area contributed by atoms with Gasteiger partial charge in [0.05, 0.1) is 0 Å². The number of benzene rings is 4. The van der Waals surface area contributed by atoms with E-state index in [4.69, 9.17) is 0 Å². The van der Waals surface area contributed by atoms with Crippen LogP contribution >= 0.6 is 36.7 Å². The molecule has 0 amide bonds. The second-order valence-corrected chi connectivity index (χ2v) is 16.8. The number of halogens is 2. The van der Waals surface area contributed by atoms with Crippen LogP contribution in [0.4, 0.5) is 0 Å². The van der Waals surface area contributed by atoms with Gasteiger partial charge in [-0.25, -0.2) is 0 Å². The Kier molecular flexibility index (Phi) is 6.06. The van der Waals surface area contributed by atoms with Crippen molar-refractivity contribution in [1.82, 2.24) is 0 Å². The van der Waals surface area contributed by atoms with Crippen molar-refractivity contribution in [3.63, 3.8) is 0 Å². The molecule has 4 aromatic rings. The Morgan fingerprint density at radius 1 is 0.517 bits per heavy atom. The number of hydrogen-bond donors (Lipinski definition) is 0. The van der Waals surface area contributed by atoms with Crippen molar-refractivity contribution in [3.05, 3.63) is 126 Å². The topological polar surface area (TPSA) is 0 Å². The molecule has 0 atom stereocenters. The molecule has 0 saturated heterocycles. The van der Waals surface area contributed by atoms with Gasteiger partial charge in [0.25, 0.3) is 0 Å². The van der Waals surface area contributed by atoms with Crippen LogP contribution in [0.1, 0.15) is 11.1 Å². The third kappa shape index (κ3) is 3.75. The first kappa shape index (κ1) is 20.5. The van der Waals surface area contributed by atoms with Gasteiger partial charge in [-0.05, 0) is 0 Å². The molecule has 0 radical (unpaired) electrons. The van der Waals surface area contributed by atoms with Crippen molar-refractivity contribution in [2.45, 2.75) is 11.5 Å². The third-order valence-electron chi connectivity index (χ3n) is 5.51. The Bertz CT molecular complexity index is 980. The molecule has 29 heavy (non-hydrogen) atoms. The van der Waals surface area contributed by atoms with E-state index in [0.29, 0.717) is 0 Å². The van der Waals surface area contributed by atoms with Crippen LogP contribution < -0.4 is 15.9 Å². The predicted octanol–water partition coefficient (Wildman–Crippen LogP) is 6.92. The predicted molar refractivity (Wildman–Crippen MR) is 137 cm³/mol. The van der Waals surface area contributed by atoms with Crippen molar-refractivity contribution in [2.24, 2.45) is 0 Å². The number of rotatable bonds is 6. The molecule has 0 aliphatic heterocycles. The van der Waals surface area contributed by atoms with E-state index in [-0.39, 0.29) is 0 Å². The van der Waals surface area contributed by atoms with Crippen molar-refractivity contribution < 1.29 is 0 Å². The Morgan fingerprint density at radius 2 is 0.931 bits per heavy atom. The first-order chi connectivity index (χ1) is 14.1. The van der Waals surface area contributed by atoms with Gasteiger partial charge in [0.2, 0.25) is 0 Å². The molecule has 0 aliphatic carbocycles. The summed E-state index contributed by atoms with van der Waals surface area (Å²) in [6, 6.07) is 41.8. The van der Waals surface area contributed by atoms with Gasteiger partial charge in [0.15, 0.2) is 0 Å². The SMILES string of the molecule is BrCc1cccc(CP(Br)(c2ccccc2)(c2ccccc2)c2ccccc2)c1. The van der Waals surface area contributed by atoms with Crippen LogP contribution in [0.25, 0.3) is 0 Å². The molecule has 0 N–H and O–H groups in total. The molecular formula is C26H23Br2P. The fourth-order valence-corrected chi connectivity index (χ4v) is 12.1. The number of alkyl halides is 1. The first-order valence-electron chi connectivity index (χ1n) is 9.68. The van der Waals surface area contributed by atoms with Gasteiger partial charge in [-0.3, -0.25) is 0 Å². The Morgan fingerprint density at radius 3 is 1.34 bits per heavy atom. The zero-order valence-corrected chi connectivity index (χ0v) is 20.2. The van der Waals surface area contributed by atoms with Gasteiger partial charge < -0.3 is 0 Å². The van der Waals surface area contributed by atoms with Crippen LogP contribution in [0, 0.1) is 0 Å². The van der Waals surface area contributed by atoms with E-state index in [1.807, 2.05) is 0 Å². The summed E-state index contributed by atoms with van der Waals surface area (Å²) in [5.41, 5.74) is 2.64. The van der Waals surface area contributed by atoms with Crippen molar-refractivity contribution >= 4 is 52.6 Å². The quantitative estimate of drug-likeness (QED) is 0.189. The monoisotopic (exact) mass is 524 g/mol. The second kappa shape index (κ2) is 8.56. The summed E-state index contributed by atoms with van der Waals surface area (Å²) in [5.74, 6) is 0. The van der Waals surface area contributed by atoms with Crippen LogP contribution in [0.5, 0.6) is 0 Å². The molecule has 0 spiro atoms. The van der Waals surface area contributed by atoms with Crippen LogP contribution in [-0.2, 0) is 11.5 Å². The minimum absolute atomic E-state index is 0.862. The summed E-state index contributed by atoms with van der Waals surface area (Å²) in [6.45, 7) is 0. The summed E-state index contributed by atoms with van der Waals surface area (Å²) in [5, 5.41) is 1.98. The van der Waals surface area contributed by atoms with Crippen molar-refractivity contribution in [1.29, 1.82) is 0 Å². The molecule has 4 aromatic carbocycles. The Balaban J connectivity index is 2.06. The van der Waals surface area contributed by atoms with E-state index in [9.17, 15) is 0 Å². The Hall–Kier alpha value is -1.73. The molecule has 0 saturated carbocycles.